The summed E-state index contributed by atoms with van der Waals surface area (Å²) < 4.78 is 1.15. The van der Waals surface area contributed by atoms with Crippen molar-refractivity contribution in [3.63, 3.8) is 0 Å². The summed E-state index contributed by atoms with van der Waals surface area (Å²) in [6.45, 7) is 8.17. The molecule has 1 aliphatic rings. The second-order valence-electron chi connectivity index (χ2n) is 8.30. The van der Waals surface area contributed by atoms with E-state index in [1.54, 1.807) is 11.3 Å². The van der Waals surface area contributed by atoms with Crippen LogP contribution in [0, 0.1) is 6.92 Å². The number of nitrogens with one attached hydrogen (secondary N) is 2. The van der Waals surface area contributed by atoms with Crippen LogP contribution in [0.3, 0.4) is 0 Å². The molecule has 9 nitrogen and oxygen atoms in total. The highest BCUT2D eigenvalue weighted by molar-refractivity contribution is 7.16. The van der Waals surface area contributed by atoms with Gasteiger partial charge in [0.15, 0.2) is 5.82 Å². The SMILES string of the molecule is Cc1nc(N)nc(-c2cc(CCN3CCNCC3C)cnc2Nc2ccc3scnc3c2)n1. The summed E-state index contributed by atoms with van der Waals surface area (Å²) in [5, 5.41) is 6.87. The molecule has 1 aromatic carbocycles. The van der Waals surface area contributed by atoms with Crippen molar-refractivity contribution in [1.29, 1.82) is 0 Å². The zero-order chi connectivity index (χ0) is 22.8. The molecule has 4 aromatic rings. The molecule has 1 saturated heterocycles. The molecular weight excluding hydrogens is 434 g/mol. The predicted octanol–water partition coefficient (Wildman–Crippen LogP) is 3.01. The number of piperazine rings is 1. The van der Waals surface area contributed by atoms with Crippen molar-refractivity contribution in [3.05, 3.63) is 47.4 Å². The fourth-order valence-corrected chi connectivity index (χ4v) is 4.76. The van der Waals surface area contributed by atoms with Crippen LogP contribution in [-0.2, 0) is 6.42 Å². The molecule has 0 spiro atoms. The third-order valence-corrected chi connectivity index (χ3v) is 6.68. The quantitative estimate of drug-likeness (QED) is 0.398. The van der Waals surface area contributed by atoms with E-state index in [1.807, 2.05) is 30.8 Å². The summed E-state index contributed by atoms with van der Waals surface area (Å²) >= 11 is 1.62. The highest BCUT2D eigenvalue weighted by atomic mass is 32.1. The second kappa shape index (κ2) is 9.34. The molecule has 1 unspecified atom stereocenters. The molecule has 1 atom stereocenters. The van der Waals surface area contributed by atoms with Crippen LogP contribution < -0.4 is 16.4 Å². The summed E-state index contributed by atoms with van der Waals surface area (Å²) in [5.74, 6) is 1.97. The summed E-state index contributed by atoms with van der Waals surface area (Å²) in [4.78, 5) is 24.7. The maximum atomic E-state index is 5.94. The number of nitrogens with two attached hydrogens (primary N) is 1. The number of benzene rings is 1. The van der Waals surface area contributed by atoms with E-state index in [2.05, 4.69) is 54.5 Å². The van der Waals surface area contributed by atoms with E-state index in [9.17, 15) is 0 Å². The molecule has 0 radical (unpaired) electrons. The van der Waals surface area contributed by atoms with Crippen LogP contribution in [0.2, 0.25) is 0 Å². The second-order valence-corrected chi connectivity index (χ2v) is 9.19. The van der Waals surface area contributed by atoms with Gasteiger partial charge in [-0.05, 0) is 50.1 Å². The Labute approximate surface area is 196 Å². The molecular formula is C23H27N9S. The molecule has 1 fully saturated rings. The first-order valence-electron chi connectivity index (χ1n) is 11.1. The molecule has 10 heteroatoms. The van der Waals surface area contributed by atoms with E-state index in [-0.39, 0.29) is 5.95 Å². The van der Waals surface area contributed by atoms with Crippen molar-refractivity contribution in [2.24, 2.45) is 0 Å². The van der Waals surface area contributed by atoms with Gasteiger partial charge in [-0.3, -0.25) is 4.90 Å². The van der Waals surface area contributed by atoms with Gasteiger partial charge >= 0.3 is 0 Å². The minimum Gasteiger partial charge on any atom is -0.368 e. The van der Waals surface area contributed by atoms with Crippen LogP contribution in [0.4, 0.5) is 17.5 Å². The predicted molar refractivity (Wildman–Crippen MR) is 133 cm³/mol. The van der Waals surface area contributed by atoms with Gasteiger partial charge in [0.05, 0.1) is 21.3 Å². The Bertz CT molecular complexity index is 1250. The fourth-order valence-electron chi connectivity index (χ4n) is 4.10. The third kappa shape index (κ3) is 4.92. The first-order chi connectivity index (χ1) is 16.0. The lowest BCUT2D eigenvalue weighted by Gasteiger charge is -2.33. The van der Waals surface area contributed by atoms with E-state index in [0.29, 0.717) is 23.5 Å². The zero-order valence-electron chi connectivity index (χ0n) is 18.7. The average molecular weight is 462 g/mol. The Morgan fingerprint density at radius 3 is 2.97 bits per heavy atom. The number of hydrogen-bond acceptors (Lipinski definition) is 10. The monoisotopic (exact) mass is 461 g/mol. The molecule has 4 N–H and O–H groups in total. The summed E-state index contributed by atoms with van der Waals surface area (Å²) in [6, 6.07) is 8.74. The van der Waals surface area contributed by atoms with Gasteiger partial charge in [-0.2, -0.15) is 9.97 Å². The standard InChI is InChI=1S/C23H27N9S/c1-14-11-25-6-8-32(14)7-5-16-9-18(22-28-15(2)29-23(24)31-22)21(26-12-16)30-17-3-4-20-19(10-17)27-13-33-20/h3-4,9-10,12-14,25H,5-8,11H2,1-2H3,(H,26,30)(H2,24,28,29,31). The number of thiazole rings is 1. The number of hydrogen-bond donors (Lipinski definition) is 3. The minimum absolute atomic E-state index is 0.201. The van der Waals surface area contributed by atoms with Gasteiger partial charge in [0.1, 0.15) is 11.6 Å². The minimum atomic E-state index is 0.201. The smallest absolute Gasteiger partial charge is 0.223 e. The summed E-state index contributed by atoms with van der Waals surface area (Å²) in [5.41, 5.74) is 11.6. The van der Waals surface area contributed by atoms with Crippen LogP contribution >= 0.6 is 11.3 Å². The van der Waals surface area contributed by atoms with Crippen LogP contribution in [0.5, 0.6) is 0 Å². The van der Waals surface area contributed by atoms with E-state index in [1.165, 1.54) is 0 Å². The molecule has 5 rings (SSSR count). The number of nitrogens with zero attached hydrogens (tertiary/aromatic N) is 6. The number of aryl methyl sites for hydroxylation is 1. The van der Waals surface area contributed by atoms with Gasteiger partial charge in [-0.1, -0.05) is 0 Å². The number of nitrogen functional groups attached to an aromatic ring is 1. The lowest BCUT2D eigenvalue weighted by molar-refractivity contribution is 0.176. The van der Waals surface area contributed by atoms with Gasteiger partial charge in [-0.15, -0.1) is 11.3 Å². The third-order valence-electron chi connectivity index (χ3n) is 5.87. The maximum absolute atomic E-state index is 5.94. The molecule has 0 bridgehead atoms. The Morgan fingerprint density at radius 2 is 2.12 bits per heavy atom. The number of rotatable bonds is 6. The Morgan fingerprint density at radius 1 is 1.21 bits per heavy atom. The molecule has 4 heterocycles. The van der Waals surface area contributed by atoms with Crippen molar-refractivity contribution in [3.8, 4) is 11.4 Å². The van der Waals surface area contributed by atoms with Crippen LogP contribution in [-0.4, -0.2) is 62.0 Å². The summed E-state index contributed by atoms with van der Waals surface area (Å²) in [6.07, 6.45) is 2.83. The Hall–Kier alpha value is -3.21. The van der Waals surface area contributed by atoms with Crippen molar-refractivity contribution >= 4 is 39.0 Å². The average Bonchev–Trinajstić information content (AvgIpc) is 3.26. The Kier molecular flexibility index (Phi) is 6.12. The van der Waals surface area contributed by atoms with Crippen molar-refractivity contribution in [2.45, 2.75) is 26.3 Å². The van der Waals surface area contributed by atoms with Crippen molar-refractivity contribution in [2.75, 3.05) is 37.2 Å². The van der Waals surface area contributed by atoms with Gasteiger partial charge in [0.2, 0.25) is 5.95 Å². The number of pyridine rings is 1. The zero-order valence-corrected chi connectivity index (χ0v) is 19.6. The largest absolute Gasteiger partial charge is 0.368 e. The first-order valence-corrected chi connectivity index (χ1v) is 12.0. The molecule has 0 amide bonds. The molecule has 0 saturated carbocycles. The van der Waals surface area contributed by atoms with Gasteiger partial charge in [0.25, 0.3) is 0 Å². The molecule has 170 valence electrons. The van der Waals surface area contributed by atoms with Crippen LogP contribution in [0.1, 0.15) is 18.3 Å². The van der Waals surface area contributed by atoms with Crippen LogP contribution in [0.25, 0.3) is 21.6 Å². The maximum Gasteiger partial charge on any atom is 0.223 e. The summed E-state index contributed by atoms with van der Waals surface area (Å²) in [7, 11) is 0. The lowest BCUT2D eigenvalue weighted by Crippen LogP contribution is -2.50. The van der Waals surface area contributed by atoms with Gasteiger partial charge < -0.3 is 16.4 Å². The highest BCUT2D eigenvalue weighted by Crippen LogP contribution is 2.30. The van der Waals surface area contributed by atoms with E-state index in [0.717, 1.165) is 59.6 Å². The number of anilines is 3. The molecule has 1 aliphatic heterocycles. The Balaban J connectivity index is 1.46. The van der Waals surface area contributed by atoms with Crippen LogP contribution in [0.15, 0.2) is 36.0 Å². The van der Waals surface area contributed by atoms with Gasteiger partial charge in [0, 0.05) is 44.1 Å². The van der Waals surface area contributed by atoms with Crippen molar-refractivity contribution < 1.29 is 0 Å². The fraction of sp³-hybridized carbons (Fsp3) is 0.348. The van der Waals surface area contributed by atoms with Crippen molar-refractivity contribution in [1.82, 2.24) is 35.1 Å². The van der Waals surface area contributed by atoms with E-state index >= 15 is 0 Å². The highest BCUT2D eigenvalue weighted by Gasteiger charge is 2.18. The first kappa shape index (κ1) is 21.6. The topological polar surface area (TPSA) is 118 Å². The molecule has 0 aliphatic carbocycles. The normalized spacial score (nSPS) is 16.8. The molecule has 33 heavy (non-hydrogen) atoms. The number of fused-ring (bicyclic) bond motifs is 1. The number of aromatic nitrogens is 5. The van der Waals surface area contributed by atoms with E-state index in [4.69, 9.17) is 10.7 Å². The molecule has 3 aromatic heterocycles. The van der Waals surface area contributed by atoms with Gasteiger partial charge in [-0.25, -0.2) is 15.0 Å². The lowest BCUT2D eigenvalue weighted by atomic mass is 10.1. The van der Waals surface area contributed by atoms with E-state index < -0.39 is 0 Å².